The van der Waals surface area contributed by atoms with Crippen LogP contribution in [0.3, 0.4) is 0 Å². The Bertz CT molecular complexity index is 453. The van der Waals surface area contributed by atoms with Crippen LogP contribution in [0.15, 0.2) is 22.7 Å². The minimum Gasteiger partial charge on any atom is -0.329 e. The second-order valence-electron chi connectivity index (χ2n) is 6.52. The fourth-order valence-corrected chi connectivity index (χ4v) is 4.39. The van der Waals surface area contributed by atoms with Gasteiger partial charge in [-0.05, 0) is 62.8 Å². The van der Waals surface area contributed by atoms with E-state index in [1.807, 2.05) is 0 Å². The van der Waals surface area contributed by atoms with Gasteiger partial charge in [-0.15, -0.1) is 0 Å². The highest BCUT2D eigenvalue weighted by molar-refractivity contribution is 9.10. The summed E-state index contributed by atoms with van der Waals surface area (Å²) in [5.74, 6) is 0.942. The van der Waals surface area contributed by atoms with Crippen LogP contribution in [0.4, 0.5) is 0 Å². The number of hydrogen-bond donors (Lipinski definition) is 1. The average Bonchev–Trinajstić information content (AvgIpc) is 2.50. The van der Waals surface area contributed by atoms with Crippen LogP contribution in [-0.2, 0) is 0 Å². The zero-order chi connectivity index (χ0) is 15.4. The lowest BCUT2D eigenvalue weighted by Crippen LogP contribution is -2.40. The molecule has 0 aromatic heterocycles. The number of hydrogen-bond acceptors (Lipinski definition) is 2. The van der Waals surface area contributed by atoms with Crippen LogP contribution in [-0.4, -0.2) is 24.5 Å². The van der Waals surface area contributed by atoms with Gasteiger partial charge in [0.05, 0.1) is 0 Å². The van der Waals surface area contributed by atoms with Crippen molar-refractivity contribution in [2.75, 3.05) is 13.6 Å². The van der Waals surface area contributed by atoms with Crippen LogP contribution < -0.4 is 5.73 Å². The summed E-state index contributed by atoms with van der Waals surface area (Å²) in [7, 11) is 2.25. The molecule has 0 spiro atoms. The minimum atomic E-state index is 0.308. The smallest absolute Gasteiger partial charge is 0.0481 e. The SMILES string of the molecule is CCC1CCC(N(C)C(CN)c2ccc(C)cc2Br)CC1. The van der Waals surface area contributed by atoms with E-state index in [0.29, 0.717) is 18.6 Å². The second kappa shape index (κ2) is 7.75. The molecule has 0 aliphatic heterocycles. The number of rotatable bonds is 5. The first-order chi connectivity index (χ1) is 10.1. The van der Waals surface area contributed by atoms with Gasteiger partial charge in [0.15, 0.2) is 0 Å². The molecule has 0 radical (unpaired) electrons. The highest BCUT2D eigenvalue weighted by Crippen LogP contribution is 2.34. The Labute approximate surface area is 138 Å². The third-order valence-corrected chi connectivity index (χ3v) is 5.89. The standard InChI is InChI=1S/C18H29BrN2/c1-4-14-6-8-15(9-7-14)21(3)18(12-20)16-10-5-13(2)11-17(16)19/h5,10-11,14-15,18H,4,6-9,12,20H2,1-3H3. The van der Waals surface area contributed by atoms with Crippen molar-refractivity contribution in [3.8, 4) is 0 Å². The van der Waals surface area contributed by atoms with E-state index in [1.165, 1.54) is 47.7 Å². The van der Waals surface area contributed by atoms with Gasteiger partial charge in [0.1, 0.15) is 0 Å². The zero-order valence-electron chi connectivity index (χ0n) is 13.6. The topological polar surface area (TPSA) is 29.3 Å². The maximum atomic E-state index is 6.11. The monoisotopic (exact) mass is 352 g/mol. The highest BCUT2D eigenvalue weighted by atomic mass is 79.9. The van der Waals surface area contributed by atoms with Crippen molar-refractivity contribution in [1.29, 1.82) is 0 Å². The van der Waals surface area contributed by atoms with Gasteiger partial charge in [-0.3, -0.25) is 4.90 Å². The first kappa shape index (κ1) is 17.0. The quantitative estimate of drug-likeness (QED) is 0.834. The molecule has 0 heterocycles. The maximum absolute atomic E-state index is 6.11. The van der Waals surface area contributed by atoms with Crippen molar-refractivity contribution in [2.45, 2.75) is 58.0 Å². The molecule has 118 valence electrons. The molecular formula is C18H29BrN2. The first-order valence-corrected chi connectivity index (χ1v) is 9.04. The van der Waals surface area contributed by atoms with E-state index in [9.17, 15) is 0 Å². The van der Waals surface area contributed by atoms with Crippen LogP contribution in [0, 0.1) is 12.8 Å². The lowest BCUT2D eigenvalue weighted by Gasteiger charge is -2.39. The third-order valence-electron chi connectivity index (χ3n) is 5.20. The molecule has 1 atom stereocenters. The van der Waals surface area contributed by atoms with E-state index in [1.54, 1.807) is 0 Å². The molecular weight excluding hydrogens is 324 g/mol. The van der Waals surface area contributed by atoms with Gasteiger partial charge < -0.3 is 5.73 Å². The second-order valence-corrected chi connectivity index (χ2v) is 7.38. The summed E-state index contributed by atoms with van der Waals surface area (Å²) >= 11 is 3.72. The van der Waals surface area contributed by atoms with Gasteiger partial charge in [0, 0.05) is 23.1 Å². The Morgan fingerprint density at radius 3 is 2.48 bits per heavy atom. The lowest BCUT2D eigenvalue weighted by atomic mass is 9.83. The molecule has 1 saturated carbocycles. The molecule has 0 bridgehead atoms. The first-order valence-electron chi connectivity index (χ1n) is 8.24. The van der Waals surface area contributed by atoms with Gasteiger partial charge in [-0.1, -0.05) is 41.4 Å². The molecule has 21 heavy (non-hydrogen) atoms. The molecule has 2 nitrogen and oxygen atoms in total. The van der Waals surface area contributed by atoms with Crippen molar-refractivity contribution >= 4 is 15.9 Å². The van der Waals surface area contributed by atoms with Crippen molar-refractivity contribution in [2.24, 2.45) is 11.7 Å². The van der Waals surface area contributed by atoms with Crippen molar-refractivity contribution in [1.82, 2.24) is 4.90 Å². The van der Waals surface area contributed by atoms with Gasteiger partial charge >= 0.3 is 0 Å². The Hall–Kier alpha value is -0.380. The maximum Gasteiger partial charge on any atom is 0.0481 e. The van der Waals surface area contributed by atoms with Crippen molar-refractivity contribution in [3.05, 3.63) is 33.8 Å². The number of halogens is 1. The number of nitrogens with zero attached hydrogens (tertiary/aromatic N) is 1. The Morgan fingerprint density at radius 1 is 1.29 bits per heavy atom. The van der Waals surface area contributed by atoms with Crippen LogP contribution in [0.25, 0.3) is 0 Å². The summed E-state index contributed by atoms with van der Waals surface area (Å²) < 4.78 is 1.19. The molecule has 1 unspecified atom stereocenters. The predicted molar refractivity (Wildman–Crippen MR) is 94.5 cm³/mol. The summed E-state index contributed by atoms with van der Waals surface area (Å²) in [6, 6.07) is 7.59. The van der Waals surface area contributed by atoms with Crippen LogP contribution >= 0.6 is 15.9 Å². The molecule has 2 rings (SSSR count). The molecule has 2 N–H and O–H groups in total. The van der Waals surface area contributed by atoms with Crippen LogP contribution in [0.5, 0.6) is 0 Å². The molecule has 1 aliphatic rings. The molecule has 1 aromatic rings. The molecule has 1 aromatic carbocycles. The third kappa shape index (κ3) is 4.08. The summed E-state index contributed by atoms with van der Waals surface area (Å²) in [4.78, 5) is 2.52. The summed E-state index contributed by atoms with van der Waals surface area (Å²) in [5, 5.41) is 0. The molecule has 3 heteroatoms. The van der Waals surface area contributed by atoms with E-state index in [4.69, 9.17) is 5.73 Å². The molecule has 0 saturated heterocycles. The summed E-state index contributed by atoms with van der Waals surface area (Å²) in [6.07, 6.45) is 6.71. The Morgan fingerprint density at radius 2 is 1.95 bits per heavy atom. The fourth-order valence-electron chi connectivity index (χ4n) is 3.63. The van der Waals surface area contributed by atoms with Crippen molar-refractivity contribution in [3.63, 3.8) is 0 Å². The fraction of sp³-hybridized carbons (Fsp3) is 0.667. The number of aryl methyl sites for hydroxylation is 1. The van der Waals surface area contributed by atoms with Gasteiger partial charge in [-0.25, -0.2) is 0 Å². The Kier molecular flexibility index (Phi) is 6.27. The summed E-state index contributed by atoms with van der Waals surface area (Å²) in [6.45, 7) is 5.12. The molecule has 0 amide bonds. The van der Waals surface area contributed by atoms with Crippen LogP contribution in [0.2, 0.25) is 0 Å². The average molecular weight is 353 g/mol. The molecule has 1 aliphatic carbocycles. The minimum absolute atomic E-state index is 0.308. The number of nitrogens with two attached hydrogens (primary N) is 1. The number of likely N-dealkylation sites (N-methyl/N-ethyl adjacent to an activating group) is 1. The van der Waals surface area contributed by atoms with Gasteiger partial charge in [0.25, 0.3) is 0 Å². The largest absolute Gasteiger partial charge is 0.329 e. The van der Waals surface area contributed by atoms with Crippen LogP contribution in [0.1, 0.15) is 56.2 Å². The summed E-state index contributed by atoms with van der Waals surface area (Å²) in [5.41, 5.74) is 8.72. The normalized spacial score (nSPS) is 24.3. The van der Waals surface area contributed by atoms with Gasteiger partial charge in [0.2, 0.25) is 0 Å². The van der Waals surface area contributed by atoms with Crippen molar-refractivity contribution < 1.29 is 0 Å². The lowest BCUT2D eigenvalue weighted by molar-refractivity contribution is 0.121. The zero-order valence-corrected chi connectivity index (χ0v) is 15.2. The molecule has 1 fully saturated rings. The van der Waals surface area contributed by atoms with E-state index < -0.39 is 0 Å². The van der Waals surface area contributed by atoms with E-state index in [-0.39, 0.29) is 0 Å². The van der Waals surface area contributed by atoms with E-state index >= 15 is 0 Å². The Balaban J connectivity index is 2.10. The van der Waals surface area contributed by atoms with E-state index in [2.05, 4.69) is 59.9 Å². The predicted octanol–water partition coefficient (Wildman–Crippen LogP) is 4.66. The number of benzene rings is 1. The highest BCUT2D eigenvalue weighted by Gasteiger charge is 2.28. The van der Waals surface area contributed by atoms with E-state index in [0.717, 1.165) is 5.92 Å². The van der Waals surface area contributed by atoms with Gasteiger partial charge in [-0.2, -0.15) is 0 Å².